The van der Waals surface area contributed by atoms with E-state index in [4.69, 9.17) is 5.73 Å². The van der Waals surface area contributed by atoms with Gasteiger partial charge in [0.1, 0.15) is 6.54 Å². The summed E-state index contributed by atoms with van der Waals surface area (Å²) in [5.74, 6) is -0.377. The summed E-state index contributed by atoms with van der Waals surface area (Å²) in [4.78, 5) is 24.2. The van der Waals surface area contributed by atoms with Gasteiger partial charge in [-0.1, -0.05) is 0 Å². The van der Waals surface area contributed by atoms with Crippen LogP contribution in [0.2, 0.25) is 0 Å². The number of rotatable bonds is 4. The van der Waals surface area contributed by atoms with Crippen LogP contribution in [-0.2, 0) is 14.3 Å². The van der Waals surface area contributed by atoms with Gasteiger partial charge in [-0.3, -0.25) is 9.59 Å². The van der Waals surface area contributed by atoms with Gasteiger partial charge in [0.25, 0.3) is 0 Å². The molecule has 0 bridgehead atoms. The minimum atomic E-state index is -0.844. The smallest absolute Gasteiger partial charge is 0.325 e. The van der Waals surface area contributed by atoms with Crippen LogP contribution in [0.4, 0.5) is 0 Å². The van der Waals surface area contributed by atoms with Gasteiger partial charge in [0, 0.05) is 7.05 Å². The summed E-state index contributed by atoms with van der Waals surface area (Å²) < 4.78 is 4.49. The maximum absolute atomic E-state index is 11.9. The second-order valence-corrected chi connectivity index (χ2v) is 4.29. The van der Waals surface area contributed by atoms with Crippen LogP contribution in [0.1, 0.15) is 19.8 Å². The van der Waals surface area contributed by atoms with E-state index in [0.29, 0.717) is 0 Å². The SMILES string of the molecule is COC(=O)CN(C)C(=O)C(C)(N)C1CC1. The lowest BCUT2D eigenvalue weighted by Gasteiger charge is -2.28. The van der Waals surface area contributed by atoms with E-state index in [1.807, 2.05) is 0 Å². The molecule has 5 heteroatoms. The zero-order valence-electron chi connectivity index (χ0n) is 9.45. The molecule has 5 nitrogen and oxygen atoms in total. The Morgan fingerprint density at radius 1 is 1.53 bits per heavy atom. The number of amides is 1. The summed E-state index contributed by atoms with van der Waals surface area (Å²) in [5.41, 5.74) is 5.10. The van der Waals surface area contributed by atoms with Crippen molar-refractivity contribution in [2.75, 3.05) is 20.7 Å². The third kappa shape index (κ3) is 2.68. The van der Waals surface area contributed by atoms with Crippen LogP contribution in [0.5, 0.6) is 0 Å². The van der Waals surface area contributed by atoms with Gasteiger partial charge in [-0.05, 0) is 25.7 Å². The molecule has 2 N–H and O–H groups in total. The van der Waals surface area contributed by atoms with E-state index in [2.05, 4.69) is 4.74 Å². The topological polar surface area (TPSA) is 72.6 Å². The molecule has 0 aromatic heterocycles. The maximum atomic E-state index is 11.9. The Morgan fingerprint density at radius 2 is 2.07 bits per heavy atom. The average molecular weight is 214 g/mol. The van der Waals surface area contributed by atoms with Crippen LogP contribution >= 0.6 is 0 Å². The molecule has 0 aromatic carbocycles. The maximum Gasteiger partial charge on any atom is 0.325 e. The highest BCUT2D eigenvalue weighted by Gasteiger charge is 2.45. The molecule has 1 saturated carbocycles. The number of hydrogen-bond acceptors (Lipinski definition) is 4. The van der Waals surface area contributed by atoms with E-state index in [0.717, 1.165) is 12.8 Å². The molecule has 1 aliphatic carbocycles. The van der Waals surface area contributed by atoms with Gasteiger partial charge in [0.2, 0.25) is 5.91 Å². The van der Waals surface area contributed by atoms with Gasteiger partial charge < -0.3 is 15.4 Å². The first-order chi connectivity index (χ1) is 6.89. The number of nitrogens with two attached hydrogens (primary N) is 1. The van der Waals surface area contributed by atoms with E-state index >= 15 is 0 Å². The normalized spacial score (nSPS) is 19.2. The van der Waals surface area contributed by atoms with Gasteiger partial charge in [0.05, 0.1) is 12.6 Å². The third-order valence-electron chi connectivity index (χ3n) is 2.83. The Hall–Kier alpha value is -1.10. The molecule has 0 aliphatic heterocycles. The highest BCUT2D eigenvalue weighted by molar-refractivity contribution is 5.89. The minimum Gasteiger partial charge on any atom is -0.468 e. The molecule has 0 saturated heterocycles. The fourth-order valence-electron chi connectivity index (χ4n) is 1.60. The lowest BCUT2D eigenvalue weighted by molar-refractivity contribution is -0.148. The summed E-state index contributed by atoms with van der Waals surface area (Å²) in [6.45, 7) is 1.68. The number of methoxy groups -OCH3 is 1. The number of carbonyl (C=O) groups is 2. The monoisotopic (exact) mass is 214 g/mol. The molecule has 1 atom stereocenters. The van der Waals surface area contributed by atoms with Gasteiger partial charge in [-0.2, -0.15) is 0 Å². The molecule has 0 aromatic rings. The molecule has 1 aliphatic rings. The zero-order chi connectivity index (χ0) is 11.6. The molecule has 1 fully saturated rings. The lowest BCUT2D eigenvalue weighted by atomic mass is 9.95. The Kier molecular flexibility index (Phi) is 3.34. The first-order valence-corrected chi connectivity index (χ1v) is 5.01. The van der Waals surface area contributed by atoms with Crippen LogP contribution in [0.25, 0.3) is 0 Å². The fraction of sp³-hybridized carbons (Fsp3) is 0.800. The highest BCUT2D eigenvalue weighted by atomic mass is 16.5. The molecule has 0 radical (unpaired) electrons. The Labute approximate surface area is 89.6 Å². The summed E-state index contributed by atoms with van der Waals surface area (Å²) in [5, 5.41) is 0. The van der Waals surface area contributed by atoms with Gasteiger partial charge in [0.15, 0.2) is 0 Å². The molecule has 1 amide bonds. The quantitative estimate of drug-likeness (QED) is 0.655. The Morgan fingerprint density at radius 3 is 2.47 bits per heavy atom. The van der Waals surface area contributed by atoms with E-state index in [1.54, 1.807) is 14.0 Å². The molecular formula is C10H18N2O3. The predicted octanol–water partition coefficient (Wildman–Crippen LogP) is -0.255. The standard InChI is InChI=1S/C10H18N2O3/c1-10(11,7-4-5-7)9(14)12(2)6-8(13)15-3/h7H,4-6,11H2,1-3H3. The second-order valence-electron chi connectivity index (χ2n) is 4.29. The molecule has 1 unspecified atom stereocenters. The summed E-state index contributed by atoms with van der Waals surface area (Å²) >= 11 is 0. The van der Waals surface area contributed by atoms with Crippen molar-refractivity contribution in [1.82, 2.24) is 4.90 Å². The number of ether oxygens (including phenoxy) is 1. The van der Waals surface area contributed by atoms with Crippen LogP contribution in [-0.4, -0.2) is 43.0 Å². The average Bonchev–Trinajstić information content (AvgIpc) is 2.99. The van der Waals surface area contributed by atoms with Crippen molar-refractivity contribution in [3.05, 3.63) is 0 Å². The van der Waals surface area contributed by atoms with E-state index in [1.165, 1.54) is 12.0 Å². The summed E-state index contributed by atoms with van der Waals surface area (Å²) in [7, 11) is 2.86. The molecule has 86 valence electrons. The minimum absolute atomic E-state index is 0.0468. The molecule has 0 spiro atoms. The predicted molar refractivity (Wildman–Crippen MR) is 55.0 cm³/mol. The van der Waals surface area contributed by atoms with Crippen molar-refractivity contribution in [2.24, 2.45) is 11.7 Å². The molecular weight excluding hydrogens is 196 g/mol. The van der Waals surface area contributed by atoms with Crippen molar-refractivity contribution in [3.63, 3.8) is 0 Å². The largest absolute Gasteiger partial charge is 0.468 e. The highest BCUT2D eigenvalue weighted by Crippen LogP contribution is 2.38. The van der Waals surface area contributed by atoms with Gasteiger partial charge in [-0.25, -0.2) is 0 Å². The fourth-order valence-corrected chi connectivity index (χ4v) is 1.60. The van der Waals surface area contributed by atoms with Crippen LogP contribution in [0, 0.1) is 5.92 Å². The summed E-state index contributed by atoms with van der Waals surface area (Å²) in [6.07, 6.45) is 1.98. The van der Waals surface area contributed by atoms with Crippen LogP contribution < -0.4 is 5.73 Å². The van der Waals surface area contributed by atoms with E-state index in [9.17, 15) is 9.59 Å². The molecule has 1 rings (SSSR count). The summed E-state index contributed by atoms with van der Waals surface area (Å²) in [6, 6.07) is 0. The lowest BCUT2D eigenvalue weighted by Crippen LogP contribution is -2.54. The van der Waals surface area contributed by atoms with Crippen molar-refractivity contribution in [2.45, 2.75) is 25.3 Å². The number of carbonyl (C=O) groups excluding carboxylic acids is 2. The van der Waals surface area contributed by atoms with Crippen molar-refractivity contribution >= 4 is 11.9 Å². The first kappa shape index (κ1) is 12.0. The first-order valence-electron chi connectivity index (χ1n) is 5.01. The van der Waals surface area contributed by atoms with Gasteiger partial charge >= 0.3 is 5.97 Å². The van der Waals surface area contributed by atoms with Gasteiger partial charge in [-0.15, -0.1) is 0 Å². The molecule has 0 heterocycles. The number of hydrogen-bond donors (Lipinski definition) is 1. The van der Waals surface area contributed by atoms with Crippen molar-refractivity contribution in [1.29, 1.82) is 0 Å². The number of nitrogens with zero attached hydrogens (tertiary/aromatic N) is 1. The third-order valence-corrected chi connectivity index (χ3v) is 2.83. The molecule has 15 heavy (non-hydrogen) atoms. The van der Waals surface area contributed by atoms with E-state index < -0.39 is 11.5 Å². The Bertz CT molecular complexity index is 272. The number of esters is 1. The zero-order valence-corrected chi connectivity index (χ0v) is 9.45. The number of likely N-dealkylation sites (N-methyl/N-ethyl adjacent to an activating group) is 1. The van der Waals surface area contributed by atoms with Crippen LogP contribution in [0.3, 0.4) is 0 Å². The van der Waals surface area contributed by atoms with Crippen molar-refractivity contribution < 1.29 is 14.3 Å². The Balaban J connectivity index is 2.55. The second kappa shape index (κ2) is 4.18. The van der Waals surface area contributed by atoms with Crippen LogP contribution in [0.15, 0.2) is 0 Å². The van der Waals surface area contributed by atoms with E-state index in [-0.39, 0.29) is 18.4 Å². The van der Waals surface area contributed by atoms with Crippen molar-refractivity contribution in [3.8, 4) is 0 Å².